The number of nitrogens with zero attached hydrogens (tertiary/aromatic N) is 1. The first-order valence-corrected chi connectivity index (χ1v) is 7.65. The highest BCUT2D eigenvalue weighted by molar-refractivity contribution is 6.03. The quantitative estimate of drug-likeness (QED) is 0.759. The Kier molecular flexibility index (Phi) is 4.66. The molecule has 126 valence electrons. The van der Waals surface area contributed by atoms with Gasteiger partial charge in [0.25, 0.3) is 0 Å². The third kappa shape index (κ3) is 3.45. The van der Waals surface area contributed by atoms with E-state index < -0.39 is 5.97 Å². The lowest BCUT2D eigenvalue weighted by molar-refractivity contribution is 0.0699. The predicted octanol–water partition coefficient (Wildman–Crippen LogP) is 4.12. The molecule has 0 fully saturated rings. The third-order valence-corrected chi connectivity index (χ3v) is 3.84. The van der Waals surface area contributed by atoms with Gasteiger partial charge >= 0.3 is 5.97 Å². The SMILES string of the molecule is COc1ccc(/C=C/c2cc(C(=O)O)c3ccccc3n2)c(OC)c1. The number of methoxy groups -OCH3 is 2. The second-order valence-electron chi connectivity index (χ2n) is 5.36. The Hall–Kier alpha value is -3.34. The van der Waals surface area contributed by atoms with Crippen molar-refractivity contribution < 1.29 is 19.4 Å². The molecule has 0 spiro atoms. The predicted molar refractivity (Wildman–Crippen MR) is 97.2 cm³/mol. The van der Waals surface area contributed by atoms with Gasteiger partial charge in [-0.1, -0.05) is 18.2 Å². The Morgan fingerprint density at radius 1 is 1.04 bits per heavy atom. The molecule has 0 aliphatic rings. The van der Waals surface area contributed by atoms with Crippen molar-refractivity contribution in [1.29, 1.82) is 0 Å². The van der Waals surface area contributed by atoms with Crippen molar-refractivity contribution >= 4 is 29.0 Å². The number of hydrogen-bond donors (Lipinski definition) is 1. The number of pyridine rings is 1. The number of aromatic nitrogens is 1. The lowest BCUT2D eigenvalue weighted by atomic mass is 10.1. The smallest absolute Gasteiger partial charge is 0.336 e. The normalized spacial score (nSPS) is 11.0. The number of carboxylic acids is 1. The highest BCUT2D eigenvalue weighted by Crippen LogP contribution is 2.26. The maximum absolute atomic E-state index is 11.5. The fourth-order valence-electron chi connectivity index (χ4n) is 2.59. The number of benzene rings is 2. The maximum atomic E-state index is 11.5. The van der Waals surface area contributed by atoms with Gasteiger partial charge in [0.1, 0.15) is 11.5 Å². The fourth-order valence-corrected chi connectivity index (χ4v) is 2.59. The summed E-state index contributed by atoms with van der Waals surface area (Å²) in [5, 5.41) is 10.1. The number of rotatable bonds is 5. The summed E-state index contributed by atoms with van der Waals surface area (Å²) in [7, 11) is 3.18. The second-order valence-corrected chi connectivity index (χ2v) is 5.36. The molecule has 5 nitrogen and oxygen atoms in total. The van der Waals surface area contributed by atoms with Crippen molar-refractivity contribution in [2.45, 2.75) is 0 Å². The van der Waals surface area contributed by atoms with E-state index in [4.69, 9.17) is 9.47 Å². The number of carboxylic acid groups (broad SMARTS) is 1. The first kappa shape index (κ1) is 16.5. The Morgan fingerprint density at radius 3 is 2.56 bits per heavy atom. The standard InChI is InChI=1S/C20H17NO4/c1-24-15-10-8-13(19(12-15)25-2)7-9-14-11-17(20(22)23)16-5-3-4-6-18(16)21-14/h3-12H,1-2H3,(H,22,23)/b9-7+. The topological polar surface area (TPSA) is 68.7 Å². The average Bonchev–Trinajstić information content (AvgIpc) is 2.65. The summed E-state index contributed by atoms with van der Waals surface area (Å²) in [5.74, 6) is 0.385. The Bertz CT molecular complexity index is 963. The maximum Gasteiger partial charge on any atom is 0.336 e. The van der Waals surface area contributed by atoms with Crippen LogP contribution in [0, 0.1) is 0 Å². The molecular formula is C20H17NO4. The van der Waals surface area contributed by atoms with E-state index in [9.17, 15) is 9.90 Å². The van der Waals surface area contributed by atoms with Crippen molar-refractivity contribution in [2.24, 2.45) is 0 Å². The van der Waals surface area contributed by atoms with Crippen LogP contribution in [-0.4, -0.2) is 30.3 Å². The molecule has 0 atom stereocenters. The summed E-state index contributed by atoms with van der Waals surface area (Å²) in [4.78, 5) is 16.0. The van der Waals surface area contributed by atoms with Crippen molar-refractivity contribution in [3.05, 3.63) is 65.4 Å². The Labute approximate surface area is 145 Å². The van der Waals surface area contributed by atoms with Gasteiger partial charge in [-0.05, 0) is 36.4 Å². The van der Waals surface area contributed by atoms with Crippen molar-refractivity contribution in [3.63, 3.8) is 0 Å². The van der Waals surface area contributed by atoms with Crippen LogP contribution in [0.25, 0.3) is 23.1 Å². The number of hydrogen-bond acceptors (Lipinski definition) is 4. The minimum atomic E-state index is -0.977. The van der Waals surface area contributed by atoms with Crippen LogP contribution in [-0.2, 0) is 0 Å². The molecule has 0 saturated heterocycles. The van der Waals surface area contributed by atoms with Crippen LogP contribution in [0.2, 0.25) is 0 Å². The summed E-state index contributed by atoms with van der Waals surface area (Å²) >= 11 is 0. The zero-order valence-corrected chi connectivity index (χ0v) is 13.9. The molecule has 2 aromatic carbocycles. The highest BCUT2D eigenvalue weighted by Gasteiger charge is 2.10. The van der Waals surface area contributed by atoms with Gasteiger partial charge in [0.15, 0.2) is 0 Å². The average molecular weight is 335 g/mol. The summed E-state index contributed by atoms with van der Waals surface area (Å²) in [6.45, 7) is 0. The number of fused-ring (bicyclic) bond motifs is 1. The van der Waals surface area contributed by atoms with Crippen LogP contribution < -0.4 is 9.47 Å². The number of para-hydroxylation sites is 1. The first-order chi connectivity index (χ1) is 12.1. The van der Waals surface area contributed by atoms with Gasteiger partial charge in [0.2, 0.25) is 0 Å². The van der Waals surface area contributed by atoms with E-state index in [2.05, 4.69) is 4.98 Å². The van der Waals surface area contributed by atoms with Crippen LogP contribution in [0.5, 0.6) is 11.5 Å². The number of ether oxygens (including phenoxy) is 2. The number of aromatic carboxylic acids is 1. The summed E-state index contributed by atoms with van der Waals surface area (Å²) in [5.41, 5.74) is 2.28. The lowest BCUT2D eigenvalue weighted by Gasteiger charge is -2.07. The lowest BCUT2D eigenvalue weighted by Crippen LogP contribution is -2.00. The van der Waals surface area contributed by atoms with Gasteiger partial charge in [-0.2, -0.15) is 0 Å². The molecule has 1 heterocycles. The van der Waals surface area contributed by atoms with E-state index in [0.717, 1.165) is 5.56 Å². The molecule has 1 aromatic heterocycles. The van der Waals surface area contributed by atoms with E-state index in [1.54, 1.807) is 50.6 Å². The molecule has 1 N–H and O–H groups in total. The fraction of sp³-hybridized carbons (Fsp3) is 0.100. The molecule has 0 radical (unpaired) electrons. The summed E-state index contributed by atoms with van der Waals surface area (Å²) in [6.07, 6.45) is 3.60. The summed E-state index contributed by atoms with van der Waals surface area (Å²) < 4.78 is 10.5. The highest BCUT2D eigenvalue weighted by atomic mass is 16.5. The van der Waals surface area contributed by atoms with Crippen molar-refractivity contribution in [3.8, 4) is 11.5 Å². The molecule has 0 saturated carbocycles. The van der Waals surface area contributed by atoms with Crippen molar-refractivity contribution in [1.82, 2.24) is 4.98 Å². The van der Waals surface area contributed by atoms with E-state index in [1.165, 1.54) is 0 Å². The molecular weight excluding hydrogens is 318 g/mol. The molecule has 3 aromatic rings. The largest absolute Gasteiger partial charge is 0.497 e. The van der Waals surface area contributed by atoms with Crippen molar-refractivity contribution in [2.75, 3.05) is 14.2 Å². The molecule has 0 amide bonds. The van der Waals surface area contributed by atoms with Gasteiger partial charge in [0, 0.05) is 17.0 Å². The van der Waals surface area contributed by atoms with Crippen LogP contribution in [0.3, 0.4) is 0 Å². The minimum Gasteiger partial charge on any atom is -0.497 e. The molecule has 0 unspecified atom stereocenters. The van der Waals surface area contributed by atoms with E-state index in [0.29, 0.717) is 28.1 Å². The van der Waals surface area contributed by atoms with Crippen LogP contribution in [0.4, 0.5) is 0 Å². The molecule has 3 rings (SSSR count). The zero-order valence-electron chi connectivity index (χ0n) is 13.9. The monoisotopic (exact) mass is 335 g/mol. The first-order valence-electron chi connectivity index (χ1n) is 7.65. The van der Waals surface area contributed by atoms with E-state index in [1.807, 2.05) is 24.3 Å². The van der Waals surface area contributed by atoms with E-state index >= 15 is 0 Å². The Balaban J connectivity index is 2.03. The van der Waals surface area contributed by atoms with Crippen LogP contribution in [0.1, 0.15) is 21.6 Å². The van der Waals surface area contributed by atoms with E-state index in [-0.39, 0.29) is 5.56 Å². The van der Waals surface area contributed by atoms with Crippen LogP contribution in [0.15, 0.2) is 48.5 Å². The molecule has 0 aliphatic heterocycles. The van der Waals surface area contributed by atoms with Gasteiger partial charge < -0.3 is 14.6 Å². The molecule has 0 aliphatic carbocycles. The Morgan fingerprint density at radius 2 is 1.84 bits per heavy atom. The molecule has 25 heavy (non-hydrogen) atoms. The number of carbonyl (C=O) groups is 1. The molecule has 5 heteroatoms. The van der Waals surface area contributed by atoms with Gasteiger partial charge in [0.05, 0.1) is 31.0 Å². The second kappa shape index (κ2) is 7.05. The summed E-state index contributed by atoms with van der Waals surface area (Å²) in [6, 6.07) is 14.2. The van der Waals surface area contributed by atoms with Gasteiger partial charge in [-0.3, -0.25) is 0 Å². The minimum absolute atomic E-state index is 0.229. The van der Waals surface area contributed by atoms with Gasteiger partial charge in [-0.25, -0.2) is 9.78 Å². The zero-order chi connectivity index (χ0) is 17.8. The van der Waals surface area contributed by atoms with Gasteiger partial charge in [-0.15, -0.1) is 0 Å². The van der Waals surface area contributed by atoms with Crippen LogP contribution >= 0.6 is 0 Å². The third-order valence-electron chi connectivity index (χ3n) is 3.84. The molecule has 0 bridgehead atoms.